The molecule has 4 saturated carbocycles. The standard InChI is InChI=1S/C20H32O2.C13H18O5.C12H16O3.C9H16F2O5S.C6H15N/c1-5-19(3,4)18(21)22-20(6-2)11-14-10-15(20)17-13-8-7-12(9-13)16(14)17;1-4-13(2,3)12(15)18-9-7-5-6-8(16-7)10(9)17-11(6)14;1-4-12(2,3)11(14)15-10-7-5-9(13)6-8-10;1-5-8(3,4)7(12)16-6(2)9(10,11)17(13,14)15;1-4-7(5-2)6-3/h12-17H,5-11H2,1-4H3;6-10H,4-5H2,1-3H3;5-8,13H,4H2,1-3H3;6H,5H2,1-4H3,(H,13,14,15);4-6H2,1-3H3. The predicted molar refractivity (Wildman–Crippen MR) is 292 cm³/mol. The first kappa shape index (κ1) is 67.6. The van der Waals surface area contributed by atoms with Gasteiger partial charge in [0.1, 0.15) is 23.2 Å². The maximum atomic E-state index is 13.0. The highest BCUT2D eigenvalue weighted by molar-refractivity contribution is 7.86. The minimum Gasteiger partial charge on any atom is -0.743 e. The van der Waals surface area contributed by atoms with Gasteiger partial charge in [-0.15, -0.1) is 0 Å². The van der Waals surface area contributed by atoms with E-state index < -0.39 is 55.9 Å². The van der Waals surface area contributed by atoms with E-state index in [1.165, 1.54) is 71.3 Å². The van der Waals surface area contributed by atoms with E-state index in [-0.39, 0.29) is 58.8 Å². The number of halogens is 2. The number of carbonyl (C=O) groups excluding carboxylic acids is 5. The van der Waals surface area contributed by atoms with Crippen molar-refractivity contribution in [2.24, 2.45) is 63.1 Å². The van der Waals surface area contributed by atoms with Gasteiger partial charge in [0.15, 0.2) is 28.4 Å². The van der Waals surface area contributed by atoms with Crippen LogP contribution in [0, 0.1) is 63.1 Å². The molecule has 0 radical (unpaired) electrons. The van der Waals surface area contributed by atoms with Crippen LogP contribution < -0.4 is 9.64 Å². The van der Waals surface area contributed by atoms with Gasteiger partial charge in [0, 0.05) is 5.92 Å². The number of quaternary nitrogens is 1. The van der Waals surface area contributed by atoms with Crippen LogP contribution in [0.3, 0.4) is 0 Å². The second-order valence-corrected chi connectivity index (χ2v) is 27.0. The Hall–Kier alpha value is -3.94. The van der Waals surface area contributed by atoms with Crippen LogP contribution in [0.4, 0.5) is 8.78 Å². The van der Waals surface area contributed by atoms with E-state index in [1.807, 2.05) is 55.4 Å². The highest BCUT2D eigenvalue weighted by Gasteiger charge is 2.68. The zero-order valence-corrected chi connectivity index (χ0v) is 51.3. The van der Waals surface area contributed by atoms with Crippen molar-refractivity contribution in [2.75, 3.05) is 19.6 Å². The number of esters is 5. The summed E-state index contributed by atoms with van der Waals surface area (Å²) < 4.78 is 89.2. The van der Waals surface area contributed by atoms with Crippen LogP contribution in [-0.2, 0) is 57.8 Å². The Morgan fingerprint density at radius 2 is 1.22 bits per heavy atom. The molecule has 0 spiro atoms. The molecule has 0 amide bonds. The lowest BCUT2D eigenvalue weighted by Crippen LogP contribution is -3.11. The molecule has 4 aliphatic carbocycles. The molecule has 79 heavy (non-hydrogen) atoms. The molecule has 7 fully saturated rings. The molecule has 8 rings (SSSR count). The lowest BCUT2D eigenvalue weighted by molar-refractivity contribution is -0.894. The highest BCUT2D eigenvalue weighted by Crippen LogP contribution is 2.71. The number of hydrogen-bond donors (Lipinski definition) is 2. The van der Waals surface area contributed by atoms with Gasteiger partial charge in [-0.2, -0.15) is 8.78 Å². The van der Waals surface area contributed by atoms with Crippen LogP contribution in [-0.4, -0.2) is 109 Å². The molecule has 7 aliphatic rings. The molecule has 13 unspecified atom stereocenters. The van der Waals surface area contributed by atoms with E-state index in [0.29, 0.717) is 37.9 Å². The van der Waals surface area contributed by atoms with Crippen molar-refractivity contribution < 1.29 is 84.2 Å². The summed E-state index contributed by atoms with van der Waals surface area (Å²) in [6.07, 6.45) is 7.66. The van der Waals surface area contributed by atoms with Crippen molar-refractivity contribution in [3.05, 3.63) is 24.3 Å². The van der Waals surface area contributed by atoms with E-state index in [4.69, 9.17) is 28.8 Å². The minimum absolute atomic E-state index is 0.0455. The Kier molecular flexibility index (Phi) is 22.7. The van der Waals surface area contributed by atoms with Crippen molar-refractivity contribution >= 4 is 40.0 Å². The summed E-state index contributed by atoms with van der Waals surface area (Å²) in [7, 11) is -5.86. The summed E-state index contributed by atoms with van der Waals surface area (Å²) in [6, 6.07) is 6.11. The van der Waals surface area contributed by atoms with Gasteiger partial charge in [-0.05, 0) is 208 Å². The van der Waals surface area contributed by atoms with E-state index >= 15 is 0 Å². The summed E-state index contributed by atoms with van der Waals surface area (Å²) in [6.45, 7) is 35.4. The normalized spacial score (nSPS) is 29.3. The zero-order chi connectivity index (χ0) is 60.0. The number of rotatable bonds is 18. The molecule has 3 aliphatic heterocycles. The average Bonchev–Trinajstić information content (AvgIpc) is 4.30. The molecule has 6 bridgehead atoms. The van der Waals surface area contributed by atoms with Gasteiger partial charge >= 0.3 is 35.1 Å². The van der Waals surface area contributed by atoms with Crippen LogP contribution in [0.15, 0.2) is 24.3 Å². The van der Waals surface area contributed by atoms with Gasteiger partial charge in [0.25, 0.3) is 0 Å². The molecule has 452 valence electrons. The third-order valence-corrected chi connectivity index (χ3v) is 20.2. The number of ether oxygens (including phenoxy) is 6. The first-order chi connectivity index (χ1) is 36.5. The molecular formula is C60H97F2NO15S. The van der Waals surface area contributed by atoms with Gasteiger partial charge in [-0.1, -0.05) is 34.6 Å². The maximum absolute atomic E-state index is 13.0. The summed E-state index contributed by atoms with van der Waals surface area (Å²) >= 11 is 0. The summed E-state index contributed by atoms with van der Waals surface area (Å²) in [4.78, 5) is 61.1. The highest BCUT2D eigenvalue weighted by atomic mass is 32.2. The van der Waals surface area contributed by atoms with E-state index in [0.717, 1.165) is 55.3 Å². The Morgan fingerprint density at radius 3 is 1.70 bits per heavy atom. The molecule has 3 saturated heterocycles. The van der Waals surface area contributed by atoms with E-state index in [1.54, 1.807) is 24.0 Å². The van der Waals surface area contributed by atoms with Crippen molar-refractivity contribution in [3.63, 3.8) is 0 Å². The zero-order valence-electron chi connectivity index (χ0n) is 50.5. The molecule has 1 aromatic rings. The molecule has 3 heterocycles. The molecule has 19 heteroatoms. The number of phenols is 1. The topological polar surface area (TPSA) is 223 Å². The number of nitrogens with one attached hydrogen (secondary N) is 1. The number of phenolic OH excluding ortho intramolecular Hbond substituents is 1. The van der Waals surface area contributed by atoms with Crippen LogP contribution in [0.25, 0.3) is 0 Å². The number of alkyl halides is 2. The molecular weight excluding hydrogens is 1040 g/mol. The number of fused-ring (bicyclic) bond motifs is 10. The second kappa shape index (κ2) is 26.5. The van der Waals surface area contributed by atoms with Gasteiger partial charge < -0.3 is 43.0 Å². The Labute approximate surface area is 470 Å². The Balaban J connectivity index is 0.000000220. The summed E-state index contributed by atoms with van der Waals surface area (Å²) in [5.41, 5.74) is -2.46. The average molecular weight is 1140 g/mol. The lowest BCUT2D eigenvalue weighted by atomic mass is 9.65. The molecule has 1 aromatic carbocycles. The molecule has 13 atom stereocenters. The Bertz CT molecular complexity index is 2350. The van der Waals surface area contributed by atoms with Crippen molar-refractivity contribution in [3.8, 4) is 11.5 Å². The SMILES string of the molecule is CCC(C)(C)C(=O)OC(C)C(F)(F)S(=O)(=O)[O-].CCC(C)(C)C(=O)OC1(CC)CC2CC1C1C3CCC(C3)C21.CCC(C)(C)C(=O)OC1C2CC3C(=O)OC1C3O2.CCC(C)(C)C(=O)Oc1ccc(O)cc1.CC[NH+](CC)CC. The van der Waals surface area contributed by atoms with Crippen molar-refractivity contribution in [2.45, 2.75) is 230 Å². The fourth-order valence-electron chi connectivity index (χ4n) is 12.0. The third-order valence-electron chi connectivity index (χ3n) is 19.2. The number of aromatic hydroxyl groups is 1. The second-order valence-electron chi connectivity index (χ2n) is 25.6. The van der Waals surface area contributed by atoms with Crippen LogP contribution in [0.1, 0.15) is 188 Å². The summed E-state index contributed by atoms with van der Waals surface area (Å²) in [5, 5.41) is 4.42. The lowest BCUT2D eigenvalue weighted by Gasteiger charge is -2.46. The maximum Gasteiger partial charge on any atom is 0.369 e. The van der Waals surface area contributed by atoms with Gasteiger partial charge in [-0.25, -0.2) is 8.42 Å². The summed E-state index contributed by atoms with van der Waals surface area (Å²) in [5.74, 6) is 4.19. The third kappa shape index (κ3) is 15.2. The Morgan fingerprint density at radius 1 is 0.722 bits per heavy atom. The van der Waals surface area contributed by atoms with E-state index in [9.17, 15) is 45.7 Å². The fraction of sp³-hybridized carbons (Fsp3) is 0.817. The predicted octanol–water partition coefficient (Wildman–Crippen LogP) is 10.0. The molecule has 2 N–H and O–H groups in total. The van der Waals surface area contributed by atoms with Gasteiger partial charge in [0.05, 0.1) is 53.3 Å². The smallest absolute Gasteiger partial charge is 0.369 e. The van der Waals surface area contributed by atoms with Gasteiger partial charge in [-0.3, -0.25) is 24.0 Å². The van der Waals surface area contributed by atoms with Crippen LogP contribution in [0.5, 0.6) is 11.5 Å². The van der Waals surface area contributed by atoms with Crippen molar-refractivity contribution in [1.29, 1.82) is 0 Å². The van der Waals surface area contributed by atoms with Crippen molar-refractivity contribution in [1.82, 2.24) is 0 Å². The van der Waals surface area contributed by atoms with E-state index in [2.05, 4.69) is 39.4 Å². The first-order valence-electron chi connectivity index (χ1n) is 29.2. The monoisotopic (exact) mass is 1140 g/mol. The first-order valence-corrected chi connectivity index (χ1v) is 30.6. The molecule has 0 aromatic heterocycles. The van der Waals surface area contributed by atoms with Gasteiger partial charge in [0.2, 0.25) is 0 Å². The minimum atomic E-state index is -5.86. The number of benzene rings is 1. The molecule has 16 nitrogen and oxygen atoms in total. The number of carbonyl (C=O) groups is 5. The quantitative estimate of drug-likeness (QED) is 0.0459. The van der Waals surface area contributed by atoms with Crippen LogP contribution >= 0.6 is 0 Å². The fourth-order valence-corrected chi connectivity index (χ4v) is 12.4. The van der Waals surface area contributed by atoms with Crippen LogP contribution in [0.2, 0.25) is 0 Å². The largest absolute Gasteiger partial charge is 0.743 e. The number of hydrogen-bond acceptors (Lipinski definition) is 15.